The van der Waals surface area contributed by atoms with Crippen LogP contribution in [0.5, 0.6) is 0 Å². The molecule has 0 amide bonds. The fourth-order valence-corrected chi connectivity index (χ4v) is 3.45. The van der Waals surface area contributed by atoms with Crippen LogP contribution in [0, 0.1) is 11.9 Å². The Morgan fingerprint density at radius 2 is 1.88 bits per heavy atom. The smallest absolute Gasteiger partial charge is 0.354 e. The molecule has 5 rings (SSSR count). The molecule has 0 saturated heterocycles. The van der Waals surface area contributed by atoms with Crippen LogP contribution in [-0.2, 0) is 25.5 Å². The van der Waals surface area contributed by atoms with Crippen molar-refractivity contribution in [1.82, 2.24) is 19.4 Å². The largest absolute Gasteiger partial charge is 0.477 e. The van der Waals surface area contributed by atoms with E-state index in [0.717, 1.165) is 33.5 Å². The number of imidazole rings is 1. The average Bonchev–Trinajstić information content (AvgIpc) is 3.17. The molecule has 0 saturated carbocycles. The van der Waals surface area contributed by atoms with Gasteiger partial charge in [-0.25, -0.2) is 9.78 Å². The van der Waals surface area contributed by atoms with Crippen molar-refractivity contribution in [3.63, 3.8) is 0 Å². The van der Waals surface area contributed by atoms with E-state index in [0.29, 0.717) is 5.52 Å². The van der Waals surface area contributed by atoms with Crippen molar-refractivity contribution < 1.29 is 34.4 Å². The number of benzene rings is 2. The Morgan fingerprint density at radius 3 is 2.50 bits per heavy atom. The van der Waals surface area contributed by atoms with E-state index in [4.69, 9.17) is 15.1 Å². The van der Waals surface area contributed by atoms with E-state index in [1.807, 2.05) is 24.3 Å². The molecule has 3 aromatic heterocycles. The molecule has 8 heteroatoms. The van der Waals surface area contributed by atoms with Gasteiger partial charge in [-0.05, 0) is 29.3 Å². The van der Waals surface area contributed by atoms with E-state index in [9.17, 15) is 9.18 Å². The van der Waals surface area contributed by atoms with Crippen molar-refractivity contribution in [2.75, 3.05) is 0 Å². The second-order valence-corrected chi connectivity index (χ2v) is 8.51. The van der Waals surface area contributed by atoms with Crippen LogP contribution in [-0.4, -0.2) is 30.4 Å². The predicted octanol–water partition coefficient (Wildman–Crippen LogP) is 5.69. The number of aromatic carboxylic acids is 1. The van der Waals surface area contributed by atoms with Crippen LogP contribution in [0.1, 0.15) is 42.6 Å². The van der Waals surface area contributed by atoms with Crippen LogP contribution < -0.4 is 0 Å². The second kappa shape index (κ2) is 9.79. The van der Waals surface area contributed by atoms with E-state index in [1.165, 1.54) is 24.4 Å². The maximum Gasteiger partial charge on any atom is 0.354 e. The molecule has 3 heterocycles. The zero-order valence-corrected chi connectivity index (χ0v) is 21.2. The molecule has 0 atom stereocenters. The predicted molar refractivity (Wildman–Crippen MR) is 127 cm³/mol. The summed E-state index contributed by atoms with van der Waals surface area (Å²) in [6.45, 7) is 9.80. The average molecular weight is 634 g/mol. The molecule has 0 bridgehead atoms. The third-order valence-electron chi connectivity index (χ3n) is 5.02. The SMILES string of the molecule is C=Cc1ccc(C(=O)O)nc1.CC(C)(C)c1nc2cc(F)c[c-]c2c2nc3ccccc3n12.[Ir]. The van der Waals surface area contributed by atoms with Crippen molar-refractivity contribution in [2.45, 2.75) is 26.2 Å². The fraction of sp³-hybridized carbons (Fsp3) is 0.154. The van der Waals surface area contributed by atoms with Crippen LogP contribution in [0.25, 0.3) is 33.7 Å². The van der Waals surface area contributed by atoms with E-state index in [1.54, 1.807) is 12.1 Å². The Kier molecular flexibility index (Phi) is 7.24. The van der Waals surface area contributed by atoms with E-state index < -0.39 is 5.97 Å². The number of pyridine rings is 1. The number of carbonyl (C=O) groups is 1. The minimum absolute atomic E-state index is 0. The molecule has 0 fully saturated rings. The van der Waals surface area contributed by atoms with Crippen molar-refractivity contribution >= 4 is 39.6 Å². The Labute approximate surface area is 209 Å². The number of fused-ring (bicyclic) bond motifs is 5. The Morgan fingerprint density at radius 1 is 1.15 bits per heavy atom. The second-order valence-electron chi connectivity index (χ2n) is 8.51. The summed E-state index contributed by atoms with van der Waals surface area (Å²) >= 11 is 0. The number of carboxylic acids is 1. The molecule has 5 aromatic rings. The summed E-state index contributed by atoms with van der Waals surface area (Å²) in [5, 5.41) is 9.20. The first-order chi connectivity index (χ1) is 15.7. The van der Waals surface area contributed by atoms with Gasteiger partial charge < -0.3 is 9.51 Å². The van der Waals surface area contributed by atoms with Crippen molar-refractivity contribution in [1.29, 1.82) is 0 Å². The van der Waals surface area contributed by atoms with Crippen LogP contribution in [0.3, 0.4) is 0 Å². The molecule has 34 heavy (non-hydrogen) atoms. The van der Waals surface area contributed by atoms with Gasteiger partial charge in [0.1, 0.15) is 11.5 Å². The molecule has 175 valence electrons. The minimum Gasteiger partial charge on any atom is -0.477 e. The van der Waals surface area contributed by atoms with E-state index >= 15 is 0 Å². The van der Waals surface area contributed by atoms with Gasteiger partial charge in [-0.2, -0.15) is 0 Å². The number of halogens is 1. The van der Waals surface area contributed by atoms with Crippen molar-refractivity contribution in [3.05, 3.63) is 90.3 Å². The molecule has 0 aliphatic heterocycles. The summed E-state index contributed by atoms with van der Waals surface area (Å²) in [5.74, 6) is -0.483. The number of rotatable bonds is 2. The number of nitrogens with zero attached hydrogens (tertiary/aromatic N) is 4. The molecule has 0 aliphatic rings. The fourth-order valence-electron chi connectivity index (χ4n) is 3.45. The van der Waals surface area contributed by atoms with Gasteiger partial charge in [0.2, 0.25) is 0 Å². The summed E-state index contributed by atoms with van der Waals surface area (Å²) in [5.41, 5.74) is 3.95. The zero-order chi connectivity index (χ0) is 23.8. The Bertz CT molecular complexity index is 1510. The molecule has 2 aromatic carbocycles. The summed E-state index contributed by atoms with van der Waals surface area (Å²) in [6.07, 6.45) is 3.08. The van der Waals surface area contributed by atoms with Crippen LogP contribution in [0.2, 0.25) is 0 Å². The Hall–Kier alpha value is -3.48. The molecule has 1 radical (unpaired) electrons. The van der Waals surface area contributed by atoms with Gasteiger partial charge in [0, 0.05) is 37.5 Å². The van der Waals surface area contributed by atoms with Gasteiger partial charge in [0.05, 0.1) is 16.7 Å². The zero-order valence-electron chi connectivity index (χ0n) is 18.8. The Balaban J connectivity index is 0.000000231. The van der Waals surface area contributed by atoms with Crippen LogP contribution in [0.4, 0.5) is 4.39 Å². The molecule has 0 aliphatic carbocycles. The molecule has 0 spiro atoms. The van der Waals surface area contributed by atoms with Gasteiger partial charge in [0.25, 0.3) is 0 Å². The summed E-state index contributed by atoms with van der Waals surface area (Å²) in [4.78, 5) is 23.4. The maximum atomic E-state index is 13.6. The van der Waals surface area contributed by atoms with Gasteiger partial charge >= 0.3 is 5.97 Å². The molecule has 1 N–H and O–H groups in total. The third kappa shape index (κ3) is 4.88. The molecule has 6 nitrogen and oxygen atoms in total. The number of hydrogen-bond donors (Lipinski definition) is 1. The van der Waals surface area contributed by atoms with Crippen LogP contribution in [0.15, 0.2) is 61.3 Å². The van der Waals surface area contributed by atoms with Gasteiger partial charge in [-0.3, -0.25) is 14.4 Å². The monoisotopic (exact) mass is 634 g/mol. The topological polar surface area (TPSA) is 80.4 Å². The normalized spacial score (nSPS) is 11.1. The quantitative estimate of drug-likeness (QED) is 0.253. The number of hydrogen-bond acceptors (Lipinski definition) is 4. The van der Waals surface area contributed by atoms with E-state index in [2.05, 4.69) is 42.8 Å². The van der Waals surface area contributed by atoms with Crippen molar-refractivity contribution in [2.24, 2.45) is 0 Å². The minimum atomic E-state index is -1.01. The number of para-hydroxylation sites is 2. The van der Waals surface area contributed by atoms with E-state index in [-0.39, 0.29) is 37.0 Å². The summed E-state index contributed by atoms with van der Waals surface area (Å²) in [7, 11) is 0. The van der Waals surface area contributed by atoms with Gasteiger partial charge in [0.15, 0.2) is 0 Å². The first kappa shape index (κ1) is 25.1. The standard InChI is InChI=1S/C18H15FN3.C8H7NO2.Ir/c1-18(2,3)17-21-14-10-11(19)8-9-12(14)16-20-13-6-4-5-7-15(13)22(16)17;1-2-6-3-4-7(8(10)11)9-5-6;/h4-8,10H,1-3H3;2-5H,1H2,(H,10,11);/q-1;;. The maximum absolute atomic E-state index is 13.6. The molecular weight excluding hydrogens is 612 g/mol. The third-order valence-corrected chi connectivity index (χ3v) is 5.02. The van der Waals surface area contributed by atoms with Crippen LogP contribution >= 0.6 is 0 Å². The first-order valence-electron chi connectivity index (χ1n) is 10.3. The first-order valence-corrected chi connectivity index (χ1v) is 10.3. The summed E-state index contributed by atoms with van der Waals surface area (Å²) < 4.78 is 15.6. The molecular formula is C26H22FIrN4O2-. The number of carboxylic acid groups (broad SMARTS) is 1. The van der Waals surface area contributed by atoms with Gasteiger partial charge in [-0.1, -0.05) is 63.1 Å². The molecule has 0 unspecified atom stereocenters. The summed E-state index contributed by atoms with van der Waals surface area (Å²) in [6, 6.07) is 16.8. The van der Waals surface area contributed by atoms with Gasteiger partial charge in [-0.15, -0.1) is 12.1 Å². The van der Waals surface area contributed by atoms with Crippen molar-refractivity contribution in [3.8, 4) is 0 Å². The number of aromatic nitrogens is 4.